The van der Waals surface area contributed by atoms with Gasteiger partial charge in [-0.25, -0.2) is 13.8 Å². The predicted molar refractivity (Wildman–Crippen MR) is 79.7 cm³/mol. The van der Waals surface area contributed by atoms with Crippen LogP contribution in [0.25, 0.3) is 22.9 Å². The zero-order chi connectivity index (χ0) is 15.5. The molecule has 2 heterocycles. The third-order valence-electron chi connectivity index (χ3n) is 2.90. The van der Waals surface area contributed by atoms with Crippen LogP contribution in [0.1, 0.15) is 10.8 Å². The lowest BCUT2D eigenvalue weighted by Gasteiger charge is -1.97. The fraction of sp³-hybridized carbons (Fsp3) is 0. The Bertz CT molecular complexity index is 876. The molecule has 0 bridgehead atoms. The summed E-state index contributed by atoms with van der Waals surface area (Å²) in [7, 11) is 0. The second-order valence-electron chi connectivity index (χ2n) is 4.35. The maximum atomic E-state index is 13.3. The first kappa shape index (κ1) is 14.2. The van der Waals surface area contributed by atoms with Crippen molar-refractivity contribution in [3.63, 3.8) is 0 Å². The fourth-order valence-electron chi connectivity index (χ4n) is 1.84. The lowest BCUT2D eigenvalue weighted by Crippen LogP contribution is -1.86. The van der Waals surface area contributed by atoms with Crippen LogP contribution < -0.4 is 0 Å². The van der Waals surface area contributed by atoms with E-state index in [2.05, 4.69) is 11.1 Å². The summed E-state index contributed by atoms with van der Waals surface area (Å²) < 4.78 is 31.4. The normalized spacial score (nSPS) is 11.4. The lowest BCUT2D eigenvalue weighted by molar-refractivity contribution is 0.509. The molecule has 0 spiro atoms. The lowest BCUT2D eigenvalue weighted by atomic mass is 10.1. The number of halogens is 2. The second-order valence-corrected chi connectivity index (χ2v) is 5.21. The molecule has 3 rings (SSSR count). The molecule has 108 valence electrons. The summed E-state index contributed by atoms with van der Waals surface area (Å²) in [6, 6.07) is 9.07. The maximum Gasteiger partial charge on any atom is 0.159 e. The Labute approximate surface area is 128 Å². The predicted octanol–water partition coefficient (Wildman–Crippen LogP) is 4.75. The molecule has 0 unspecified atom stereocenters. The van der Waals surface area contributed by atoms with Crippen molar-refractivity contribution in [1.29, 1.82) is 5.26 Å². The summed E-state index contributed by atoms with van der Waals surface area (Å²) >= 11 is 1.25. The van der Waals surface area contributed by atoms with Gasteiger partial charge in [-0.1, -0.05) is 0 Å². The van der Waals surface area contributed by atoms with Crippen molar-refractivity contribution in [3.8, 4) is 17.3 Å². The number of aromatic nitrogens is 1. The summed E-state index contributed by atoms with van der Waals surface area (Å²) in [5.74, 6) is -1.30. The summed E-state index contributed by atoms with van der Waals surface area (Å²) in [5, 5.41) is 11.4. The Morgan fingerprint density at radius 3 is 2.82 bits per heavy atom. The molecule has 0 aliphatic heterocycles. The number of furan rings is 1. The molecular formula is C16H8F2N2OS. The topological polar surface area (TPSA) is 49.8 Å². The second kappa shape index (κ2) is 5.92. The van der Waals surface area contributed by atoms with Crippen LogP contribution in [0, 0.1) is 23.0 Å². The fourth-order valence-corrected chi connectivity index (χ4v) is 2.64. The van der Waals surface area contributed by atoms with Crippen molar-refractivity contribution in [3.05, 3.63) is 64.4 Å². The number of nitriles is 1. The smallest absolute Gasteiger partial charge is 0.159 e. The van der Waals surface area contributed by atoms with Crippen LogP contribution in [0.2, 0.25) is 0 Å². The van der Waals surface area contributed by atoms with Crippen molar-refractivity contribution in [2.45, 2.75) is 0 Å². The highest BCUT2D eigenvalue weighted by Crippen LogP contribution is 2.28. The third-order valence-corrected chi connectivity index (χ3v) is 3.78. The Hall–Kier alpha value is -2.78. The molecule has 3 nitrogen and oxygen atoms in total. The van der Waals surface area contributed by atoms with Crippen molar-refractivity contribution >= 4 is 23.0 Å². The van der Waals surface area contributed by atoms with Crippen LogP contribution in [0.15, 0.2) is 46.4 Å². The molecule has 0 N–H and O–H groups in total. The Kier molecular flexibility index (Phi) is 3.81. The molecule has 0 atom stereocenters. The number of hydrogen-bond acceptors (Lipinski definition) is 4. The largest absolute Gasteiger partial charge is 0.465 e. The molecule has 0 radical (unpaired) electrons. The van der Waals surface area contributed by atoms with Crippen LogP contribution >= 0.6 is 11.3 Å². The molecule has 0 amide bonds. The average molecular weight is 314 g/mol. The van der Waals surface area contributed by atoms with Crippen molar-refractivity contribution in [2.24, 2.45) is 0 Å². The highest BCUT2D eigenvalue weighted by molar-refractivity contribution is 7.11. The number of rotatable bonds is 3. The molecule has 0 saturated heterocycles. The Morgan fingerprint density at radius 1 is 1.27 bits per heavy atom. The maximum absolute atomic E-state index is 13.3. The van der Waals surface area contributed by atoms with Gasteiger partial charge in [-0.2, -0.15) is 5.26 Å². The number of thiazole rings is 1. The van der Waals surface area contributed by atoms with E-state index >= 15 is 0 Å². The van der Waals surface area contributed by atoms with E-state index in [1.165, 1.54) is 23.7 Å². The molecule has 2 aromatic heterocycles. The van der Waals surface area contributed by atoms with Gasteiger partial charge >= 0.3 is 0 Å². The van der Waals surface area contributed by atoms with Crippen LogP contribution in [0.5, 0.6) is 0 Å². The highest BCUT2D eigenvalue weighted by atomic mass is 32.1. The Balaban J connectivity index is 1.96. The van der Waals surface area contributed by atoms with Gasteiger partial charge in [-0.15, -0.1) is 11.3 Å². The zero-order valence-electron chi connectivity index (χ0n) is 11.1. The number of nitrogens with zero attached hydrogens (tertiary/aromatic N) is 2. The molecule has 0 fully saturated rings. The van der Waals surface area contributed by atoms with E-state index in [1.807, 2.05) is 0 Å². The van der Waals surface area contributed by atoms with E-state index in [-0.39, 0.29) is 0 Å². The van der Waals surface area contributed by atoms with Gasteiger partial charge in [0.05, 0.1) is 17.5 Å². The van der Waals surface area contributed by atoms with Gasteiger partial charge in [0.2, 0.25) is 0 Å². The van der Waals surface area contributed by atoms with Crippen LogP contribution in [0.4, 0.5) is 8.78 Å². The van der Waals surface area contributed by atoms with Crippen LogP contribution in [-0.2, 0) is 0 Å². The number of allylic oxidation sites excluding steroid dienone is 1. The minimum atomic E-state index is -0.932. The van der Waals surface area contributed by atoms with Crippen molar-refractivity contribution in [2.75, 3.05) is 0 Å². The molecule has 0 aliphatic carbocycles. The summed E-state index contributed by atoms with van der Waals surface area (Å²) in [6.45, 7) is 0. The quantitative estimate of drug-likeness (QED) is 0.656. The van der Waals surface area contributed by atoms with Crippen LogP contribution in [-0.4, -0.2) is 4.98 Å². The van der Waals surface area contributed by atoms with Crippen molar-refractivity contribution < 1.29 is 13.2 Å². The minimum absolute atomic E-state index is 0.341. The van der Waals surface area contributed by atoms with Gasteiger partial charge in [0.15, 0.2) is 11.6 Å². The SMILES string of the molecule is N#CC(=Cc1ccco1)c1nc(-c2ccc(F)c(F)c2)cs1. The first-order chi connectivity index (χ1) is 10.7. The van der Waals surface area contributed by atoms with Crippen molar-refractivity contribution in [1.82, 2.24) is 4.98 Å². The van der Waals surface area contributed by atoms with Gasteiger partial charge in [-0.3, -0.25) is 0 Å². The number of benzene rings is 1. The zero-order valence-corrected chi connectivity index (χ0v) is 11.9. The summed E-state index contributed by atoms with van der Waals surface area (Å²) in [4.78, 5) is 4.30. The van der Waals surface area contributed by atoms with E-state index in [0.717, 1.165) is 12.1 Å². The van der Waals surface area contributed by atoms with Gasteiger partial charge in [0.1, 0.15) is 16.8 Å². The van der Waals surface area contributed by atoms with E-state index in [0.29, 0.717) is 27.6 Å². The van der Waals surface area contributed by atoms with Gasteiger partial charge in [0, 0.05) is 17.0 Å². The van der Waals surface area contributed by atoms with E-state index in [1.54, 1.807) is 23.6 Å². The number of hydrogen-bond donors (Lipinski definition) is 0. The summed E-state index contributed by atoms with van der Waals surface area (Å²) in [5.41, 5.74) is 1.28. The average Bonchev–Trinajstić information content (AvgIpc) is 3.18. The van der Waals surface area contributed by atoms with E-state index < -0.39 is 11.6 Å². The summed E-state index contributed by atoms with van der Waals surface area (Å²) in [6.07, 6.45) is 3.09. The molecule has 6 heteroatoms. The highest BCUT2D eigenvalue weighted by Gasteiger charge is 2.11. The van der Waals surface area contributed by atoms with Gasteiger partial charge in [0.25, 0.3) is 0 Å². The van der Waals surface area contributed by atoms with E-state index in [9.17, 15) is 14.0 Å². The molecule has 0 saturated carbocycles. The van der Waals surface area contributed by atoms with Gasteiger partial charge in [-0.05, 0) is 30.3 Å². The molecule has 3 aromatic rings. The molecule has 1 aromatic carbocycles. The van der Waals surface area contributed by atoms with E-state index in [4.69, 9.17) is 4.42 Å². The van der Waals surface area contributed by atoms with Gasteiger partial charge < -0.3 is 4.42 Å². The van der Waals surface area contributed by atoms with Crippen LogP contribution in [0.3, 0.4) is 0 Å². The molecule has 0 aliphatic rings. The minimum Gasteiger partial charge on any atom is -0.465 e. The monoisotopic (exact) mass is 314 g/mol. The third kappa shape index (κ3) is 2.80. The standard InChI is InChI=1S/C16H8F2N2OS/c17-13-4-3-10(7-14(13)18)15-9-22-16(20-15)11(8-19)6-12-2-1-5-21-12/h1-7,9H. The first-order valence-corrected chi connectivity index (χ1v) is 7.12. The Morgan fingerprint density at radius 2 is 2.14 bits per heavy atom. The first-order valence-electron chi connectivity index (χ1n) is 6.24. The molecule has 22 heavy (non-hydrogen) atoms. The molecular weight excluding hydrogens is 306 g/mol.